The quantitative estimate of drug-likeness (QED) is 0.929. The molecule has 0 heterocycles. The summed E-state index contributed by atoms with van der Waals surface area (Å²) in [7, 11) is 0. The van der Waals surface area contributed by atoms with Gasteiger partial charge in [0.25, 0.3) is 5.91 Å². The van der Waals surface area contributed by atoms with Crippen molar-refractivity contribution in [3.05, 3.63) is 71.0 Å². The molecule has 0 saturated carbocycles. The normalized spacial score (nSPS) is 11.4. The third kappa shape index (κ3) is 3.21. The first-order chi connectivity index (χ1) is 9.60. The number of aryl methyl sites for hydroxylation is 1. The summed E-state index contributed by atoms with van der Waals surface area (Å²) in [5, 5.41) is 11.7. The van der Waals surface area contributed by atoms with E-state index in [1.54, 1.807) is 12.1 Å². The molecular formula is C16H13FN2O. The lowest BCUT2D eigenvalue weighted by Crippen LogP contribution is -2.27. The van der Waals surface area contributed by atoms with Crippen molar-refractivity contribution in [1.29, 1.82) is 5.26 Å². The molecule has 1 amide bonds. The van der Waals surface area contributed by atoms with E-state index in [1.165, 1.54) is 18.2 Å². The summed E-state index contributed by atoms with van der Waals surface area (Å²) < 4.78 is 13.1. The van der Waals surface area contributed by atoms with Crippen LogP contribution in [0.5, 0.6) is 0 Å². The molecule has 0 saturated heterocycles. The molecule has 100 valence electrons. The maximum atomic E-state index is 13.1. The maximum Gasteiger partial charge on any atom is 0.252 e. The highest BCUT2D eigenvalue weighted by molar-refractivity contribution is 5.94. The molecule has 2 aromatic carbocycles. The van der Waals surface area contributed by atoms with Gasteiger partial charge in [-0.25, -0.2) is 4.39 Å². The molecule has 1 unspecified atom stereocenters. The van der Waals surface area contributed by atoms with Crippen LogP contribution in [0.15, 0.2) is 48.5 Å². The van der Waals surface area contributed by atoms with Crippen molar-refractivity contribution in [1.82, 2.24) is 5.32 Å². The maximum absolute atomic E-state index is 13.1. The number of hydrogen-bond acceptors (Lipinski definition) is 2. The third-order valence-electron chi connectivity index (χ3n) is 2.90. The van der Waals surface area contributed by atoms with Crippen LogP contribution in [0.25, 0.3) is 0 Å². The van der Waals surface area contributed by atoms with E-state index in [2.05, 4.69) is 5.32 Å². The predicted octanol–water partition coefficient (Wildman–Crippen LogP) is 3.13. The number of carbonyl (C=O) groups excluding carboxylic acids is 1. The van der Waals surface area contributed by atoms with Gasteiger partial charge >= 0.3 is 0 Å². The van der Waals surface area contributed by atoms with E-state index in [0.29, 0.717) is 5.56 Å². The van der Waals surface area contributed by atoms with Crippen LogP contribution in [0, 0.1) is 24.1 Å². The van der Waals surface area contributed by atoms with Gasteiger partial charge in [0.15, 0.2) is 0 Å². The van der Waals surface area contributed by atoms with Gasteiger partial charge in [0.05, 0.1) is 6.07 Å². The summed E-state index contributed by atoms with van der Waals surface area (Å²) >= 11 is 0. The fourth-order valence-electron chi connectivity index (χ4n) is 1.79. The van der Waals surface area contributed by atoms with Gasteiger partial charge in [0.1, 0.15) is 11.9 Å². The predicted molar refractivity (Wildman–Crippen MR) is 73.4 cm³/mol. The molecule has 1 N–H and O–H groups in total. The Morgan fingerprint density at radius 3 is 2.55 bits per heavy atom. The molecule has 0 bridgehead atoms. The molecule has 3 nitrogen and oxygen atoms in total. The monoisotopic (exact) mass is 268 g/mol. The van der Waals surface area contributed by atoms with Gasteiger partial charge in [-0.3, -0.25) is 4.79 Å². The largest absolute Gasteiger partial charge is 0.332 e. The Kier molecular flexibility index (Phi) is 4.11. The second-order valence-electron chi connectivity index (χ2n) is 4.46. The van der Waals surface area contributed by atoms with E-state index in [0.717, 1.165) is 11.6 Å². The number of rotatable bonds is 3. The van der Waals surface area contributed by atoms with Crippen LogP contribution in [-0.4, -0.2) is 5.91 Å². The van der Waals surface area contributed by atoms with Crippen LogP contribution in [0.2, 0.25) is 0 Å². The van der Waals surface area contributed by atoms with Gasteiger partial charge in [-0.05, 0) is 30.7 Å². The smallest absolute Gasteiger partial charge is 0.252 e. The molecule has 0 aromatic heterocycles. The molecular weight excluding hydrogens is 255 g/mol. The molecule has 0 radical (unpaired) electrons. The lowest BCUT2D eigenvalue weighted by molar-refractivity contribution is 0.0944. The standard InChI is InChI=1S/C16H13FN2O/c1-11-5-7-12(8-6-11)15(10-18)19-16(20)13-3-2-4-14(17)9-13/h2-9,15H,1H3,(H,19,20). The van der Waals surface area contributed by atoms with Crippen LogP contribution in [0.3, 0.4) is 0 Å². The van der Waals surface area contributed by atoms with Crippen LogP contribution in [-0.2, 0) is 0 Å². The second kappa shape index (κ2) is 5.98. The van der Waals surface area contributed by atoms with Crippen molar-refractivity contribution in [2.75, 3.05) is 0 Å². The Hall–Kier alpha value is -2.67. The van der Waals surface area contributed by atoms with Gasteiger partial charge < -0.3 is 5.32 Å². The topological polar surface area (TPSA) is 52.9 Å². The Morgan fingerprint density at radius 2 is 1.95 bits per heavy atom. The summed E-state index contributed by atoms with van der Waals surface area (Å²) in [6.45, 7) is 1.94. The number of nitrogens with one attached hydrogen (secondary N) is 1. The number of nitriles is 1. The highest BCUT2D eigenvalue weighted by atomic mass is 19.1. The van der Waals surface area contributed by atoms with E-state index in [9.17, 15) is 9.18 Å². The van der Waals surface area contributed by atoms with Gasteiger partial charge in [-0.2, -0.15) is 5.26 Å². The minimum absolute atomic E-state index is 0.192. The minimum Gasteiger partial charge on any atom is -0.332 e. The van der Waals surface area contributed by atoms with Crippen molar-refractivity contribution < 1.29 is 9.18 Å². The minimum atomic E-state index is -0.758. The number of nitrogens with zero attached hydrogens (tertiary/aromatic N) is 1. The average molecular weight is 268 g/mol. The van der Waals surface area contributed by atoms with Gasteiger partial charge in [-0.15, -0.1) is 0 Å². The highest BCUT2D eigenvalue weighted by Gasteiger charge is 2.15. The van der Waals surface area contributed by atoms with E-state index >= 15 is 0 Å². The van der Waals surface area contributed by atoms with E-state index < -0.39 is 17.8 Å². The van der Waals surface area contributed by atoms with Crippen LogP contribution < -0.4 is 5.32 Å². The molecule has 0 fully saturated rings. The Bertz CT molecular complexity index is 659. The summed E-state index contributed by atoms with van der Waals surface area (Å²) in [6.07, 6.45) is 0. The Labute approximate surface area is 116 Å². The summed E-state index contributed by atoms with van der Waals surface area (Å²) in [6, 6.07) is 13.9. The number of halogens is 1. The number of amides is 1. The first kappa shape index (κ1) is 13.8. The Morgan fingerprint density at radius 1 is 1.25 bits per heavy atom. The van der Waals surface area contributed by atoms with E-state index in [4.69, 9.17) is 5.26 Å². The van der Waals surface area contributed by atoms with Crippen molar-refractivity contribution in [3.63, 3.8) is 0 Å². The van der Waals surface area contributed by atoms with Crippen molar-refractivity contribution >= 4 is 5.91 Å². The zero-order valence-electron chi connectivity index (χ0n) is 10.9. The third-order valence-corrected chi connectivity index (χ3v) is 2.90. The van der Waals surface area contributed by atoms with E-state index in [1.807, 2.05) is 25.1 Å². The fourth-order valence-corrected chi connectivity index (χ4v) is 1.79. The molecule has 0 aliphatic heterocycles. The van der Waals surface area contributed by atoms with Crippen LogP contribution in [0.4, 0.5) is 4.39 Å². The van der Waals surface area contributed by atoms with Crippen LogP contribution >= 0.6 is 0 Å². The number of carbonyl (C=O) groups is 1. The Balaban J connectivity index is 2.17. The highest BCUT2D eigenvalue weighted by Crippen LogP contribution is 2.14. The first-order valence-electron chi connectivity index (χ1n) is 6.13. The molecule has 20 heavy (non-hydrogen) atoms. The molecule has 1 atom stereocenters. The van der Waals surface area contributed by atoms with Gasteiger partial charge in [0, 0.05) is 5.56 Å². The molecule has 0 aliphatic rings. The zero-order valence-corrected chi connectivity index (χ0v) is 10.9. The number of benzene rings is 2. The van der Waals surface area contributed by atoms with Gasteiger partial charge in [0.2, 0.25) is 0 Å². The average Bonchev–Trinajstić information content (AvgIpc) is 2.45. The second-order valence-corrected chi connectivity index (χ2v) is 4.46. The molecule has 4 heteroatoms. The molecule has 2 aromatic rings. The molecule has 0 aliphatic carbocycles. The van der Waals surface area contributed by atoms with Crippen molar-refractivity contribution in [2.45, 2.75) is 13.0 Å². The van der Waals surface area contributed by atoms with Gasteiger partial charge in [-0.1, -0.05) is 35.9 Å². The summed E-state index contributed by atoms with van der Waals surface area (Å²) in [5.74, 6) is -0.960. The zero-order chi connectivity index (χ0) is 14.5. The fraction of sp³-hybridized carbons (Fsp3) is 0.125. The molecule has 0 spiro atoms. The first-order valence-corrected chi connectivity index (χ1v) is 6.13. The van der Waals surface area contributed by atoms with E-state index in [-0.39, 0.29) is 5.56 Å². The van der Waals surface area contributed by atoms with Crippen molar-refractivity contribution in [3.8, 4) is 6.07 Å². The lowest BCUT2D eigenvalue weighted by Gasteiger charge is -2.12. The lowest BCUT2D eigenvalue weighted by atomic mass is 10.1. The van der Waals surface area contributed by atoms with Crippen molar-refractivity contribution in [2.24, 2.45) is 0 Å². The van der Waals surface area contributed by atoms with Crippen LogP contribution in [0.1, 0.15) is 27.5 Å². The summed E-state index contributed by atoms with van der Waals surface area (Å²) in [4.78, 5) is 12.0. The SMILES string of the molecule is Cc1ccc(C(C#N)NC(=O)c2cccc(F)c2)cc1. The molecule has 2 rings (SSSR count). The summed E-state index contributed by atoms with van der Waals surface area (Å²) in [5.41, 5.74) is 1.96. The number of hydrogen-bond donors (Lipinski definition) is 1.